The van der Waals surface area contributed by atoms with Crippen LogP contribution in [0.15, 0.2) is 30.5 Å². The molecular formula is C27H41NO. The summed E-state index contributed by atoms with van der Waals surface area (Å²) in [5.41, 5.74) is 2.80. The number of carbonyl (C=O) groups is 1. The number of aromatic nitrogens is 1. The first-order chi connectivity index (χ1) is 14.1. The van der Waals surface area contributed by atoms with Gasteiger partial charge in [0.1, 0.15) is 6.79 Å². The fourth-order valence-electron chi connectivity index (χ4n) is 4.97. The van der Waals surface area contributed by atoms with Crippen LogP contribution in [-0.2, 0) is 11.2 Å². The molecule has 160 valence electrons. The first-order valence-electron chi connectivity index (χ1n) is 11.8. The highest BCUT2D eigenvalue weighted by Gasteiger charge is 2.25. The molecular weight excluding hydrogens is 354 g/mol. The van der Waals surface area contributed by atoms with E-state index >= 15 is 0 Å². The lowest BCUT2D eigenvalue weighted by atomic mass is 9.76. The molecule has 3 rings (SSSR count). The van der Waals surface area contributed by atoms with Crippen molar-refractivity contribution in [2.75, 3.05) is 0 Å². The van der Waals surface area contributed by atoms with E-state index in [4.69, 9.17) is 9.78 Å². The number of aryl methyl sites for hydroxylation is 1. The van der Waals surface area contributed by atoms with Crippen LogP contribution in [0.5, 0.6) is 0 Å². The Morgan fingerprint density at radius 3 is 2.41 bits per heavy atom. The average molecular weight is 396 g/mol. The van der Waals surface area contributed by atoms with E-state index in [2.05, 4.69) is 58.2 Å². The lowest BCUT2D eigenvalue weighted by Gasteiger charge is -2.30. The first kappa shape index (κ1) is 23.6. The number of rotatable bonds is 8. The average Bonchev–Trinajstić information content (AvgIpc) is 2.77. The van der Waals surface area contributed by atoms with Crippen LogP contribution in [0.2, 0.25) is 0 Å². The molecule has 2 aromatic rings. The van der Waals surface area contributed by atoms with Crippen LogP contribution in [0.1, 0.15) is 96.2 Å². The van der Waals surface area contributed by atoms with Gasteiger partial charge in [-0.15, -0.1) is 0 Å². The van der Waals surface area contributed by atoms with Gasteiger partial charge < -0.3 is 4.79 Å². The van der Waals surface area contributed by atoms with Gasteiger partial charge >= 0.3 is 0 Å². The summed E-state index contributed by atoms with van der Waals surface area (Å²) in [7, 11) is 0. The summed E-state index contributed by atoms with van der Waals surface area (Å²) in [5.74, 6) is 3.20. The van der Waals surface area contributed by atoms with Crippen molar-refractivity contribution in [3.05, 3.63) is 41.7 Å². The van der Waals surface area contributed by atoms with E-state index in [1.165, 1.54) is 79.8 Å². The van der Waals surface area contributed by atoms with Gasteiger partial charge in [-0.25, -0.2) is 0 Å². The van der Waals surface area contributed by atoms with Gasteiger partial charge in [0.2, 0.25) is 0 Å². The molecule has 1 heterocycles. The third-order valence-electron chi connectivity index (χ3n) is 7.16. The SMILES string of the molecule is C=O.CCCC(CC)CCc1ccc2cnc(C(C)C3CCC(C)CC3)cc2c1. The summed E-state index contributed by atoms with van der Waals surface area (Å²) >= 11 is 0. The zero-order valence-electron chi connectivity index (χ0n) is 19.1. The fraction of sp³-hybridized carbons (Fsp3) is 0.630. The van der Waals surface area contributed by atoms with Crippen molar-refractivity contribution in [1.29, 1.82) is 0 Å². The van der Waals surface area contributed by atoms with E-state index in [0.29, 0.717) is 5.92 Å². The van der Waals surface area contributed by atoms with Gasteiger partial charge in [0.05, 0.1) is 0 Å². The second kappa shape index (κ2) is 12.1. The standard InChI is InChI=1S/C26H39N.CH2O/c1-5-7-21(6-2)10-11-22-12-15-24-18-27-26(17-25(24)16-22)20(4)23-13-8-19(3)9-14-23;1-2/h12,15-21,23H,5-11,13-14H2,1-4H3;1H2. The molecule has 0 bridgehead atoms. The number of benzene rings is 1. The summed E-state index contributed by atoms with van der Waals surface area (Å²) in [6, 6.07) is 9.39. The Kier molecular flexibility index (Phi) is 9.84. The molecule has 2 unspecified atom stereocenters. The van der Waals surface area contributed by atoms with Crippen LogP contribution in [-0.4, -0.2) is 11.8 Å². The second-order valence-electron chi connectivity index (χ2n) is 9.20. The van der Waals surface area contributed by atoms with Gasteiger partial charge in [-0.3, -0.25) is 4.98 Å². The maximum atomic E-state index is 8.00. The normalized spacial score (nSPS) is 21.2. The largest absolute Gasteiger partial charge is 0.307 e. The van der Waals surface area contributed by atoms with E-state index in [1.807, 2.05) is 6.79 Å². The van der Waals surface area contributed by atoms with E-state index in [-0.39, 0.29) is 0 Å². The zero-order chi connectivity index (χ0) is 21.2. The van der Waals surface area contributed by atoms with Gasteiger partial charge in [-0.1, -0.05) is 78.0 Å². The molecule has 0 saturated heterocycles. The lowest BCUT2D eigenvalue weighted by molar-refractivity contribution is -0.0979. The first-order valence-corrected chi connectivity index (χ1v) is 11.8. The summed E-state index contributed by atoms with van der Waals surface area (Å²) in [6.07, 6.45) is 14.2. The predicted molar refractivity (Wildman–Crippen MR) is 125 cm³/mol. The van der Waals surface area contributed by atoms with E-state index in [0.717, 1.165) is 17.8 Å². The number of carbonyl (C=O) groups excluding carboxylic acids is 1. The minimum Gasteiger partial charge on any atom is -0.307 e. The molecule has 1 fully saturated rings. The zero-order valence-corrected chi connectivity index (χ0v) is 19.1. The van der Waals surface area contributed by atoms with Crippen LogP contribution in [0.4, 0.5) is 0 Å². The van der Waals surface area contributed by atoms with Crippen molar-refractivity contribution in [2.45, 2.75) is 91.4 Å². The molecule has 2 nitrogen and oxygen atoms in total. The summed E-state index contributed by atoms with van der Waals surface area (Å²) in [5, 5.41) is 2.67. The van der Waals surface area contributed by atoms with Gasteiger partial charge in [-0.2, -0.15) is 0 Å². The van der Waals surface area contributed by atoms with Crippen molar-refractivity contribution in [1.82, 2.24) is 4.98 Å². The minimum absolute atomic E-state index is 0.583. The van der Waals surface area contributed by atoms with Crippen molar-refractivity contribution in [3.63, 3.8) is 0 Å². The molecule has 1 aromatic carbocycles. The maximum Gasteiger partial charge on any atom is 0.106 e. The van der Waals surface area contributed by atoms with E-state index in [1.54, 1.807) is 0 Å². The molecule has 0 spiro atoms. The van der Waals surface area contributed by atoms with Crippen LogP contribution in [0, 0.1) is 17.8 Å². The molecule has 0 aliphatic heterocycles. The summed E-state index contributed by atoms with van der Waals surface area (Å²) < 4.78 is 0. The smallest absolute Gasteiger partial charge is 0.106 e. The van der Waals surface area contributed by atoms with Crippen LogP contribution < -0.4 is 0 Å². The van der Waals surface area contributed by atoms with Crippen molar-refractivity contribution < 1.29 is 4.79 Å². The van der Waals surface area contributed by atoms with Gasteiger partial charge in [0, 0.05) is 23.2 Å². The Bertz CT molecular complexity index is 732. The summed E-state index contributed by atoms with van der Waals surface area (Å²) in [6.45, 7) is 11.4. The number of pyridine rings is 1. The predicted octanol–water partition coefficient (Wildman–Crippen LogP) is 7.74. The van der Waals surface area contributed by atoms with Crippen molar-refractivity contribution in [3.8, 4) is 0 Å². The van der Waals surface area contributed by atoms with Gasteiger partial charge in [0.15, 0.2) is 0 Å². The Morgan fingerprint density at radius 2 is 1.76 bits per heavy atom. The van der Waals surface area contributed by atoms with E-state index in [9.17, 15) is 0 Å². The van der Waals surface area contributed by atoms with Crippen LogP contribution in [0.3, 0.4) is 0 Å². The molecule has 0 radical (unpaired) electrons. The van der Waals surface area contributed by atoms with Crippen molar-refractivity contribution >= 4 is 17.6 Å². The quantitative estimate of drug-likeness (QED) is 0.457. The Hall–Kier alpha value is -1.70. The highest BCUT2D eigenvalue weighted by atomic mass is 16.1. The minimum atomic E-state index is 0.583. The lowest BCUT2D eigenvalue weighted by Crippen LogP contribution is -2.18. The van der Waals surface area contributed by atoms with Crippen LogP contribution in [0.25, 0.3) is 10.8 Å². The van der Waals surface area contributed by atoms with E-state index < -0.39 is 0 Å². The highest BCUT2D eigenvalue weighted by molar-refractivity contribution is 5.82. The number of fused-ring (bicyclic) bond motifs is 1. The molecule has 2 atom stereocenters. The Morgan fingerprint density at radius 1 is 1.03 bits per heavy atom. The molecule has 0 amide bonds. The summed E-state index contributed by atoms with van der Waals surface area (Å²) in [4.78, 5) is 12.8. The highest BCUT2D eigenvalue weighted by Crippen LogP contribution is 2.37. The number of nitrogens with zero attached hydrogens (tertiary/aromatic N) is 1. The van der Waals surface area contributed by atoms with Crippen LogP contribution >= 0.6 is 0 Å². The fourth-order valence-corrected chi connectivity index (χ4v) is 4.97. The van der Waals surface area contributed by atoms with Gasteiger partial charge in [-0.05, 0) is 60.5 Å². The number of hydrogen-bond donors (Lipinski definition) is 0. The second-order valence-corrected chi connectivity index (χ2v) is 9.20. The third-order valence-corrected chi connectivity index (χ3v) is 7.16. The molecule has 29 heavy (non-hydrogen) atoms. The Labute approximate surface area is 178 Å². The topological polar surface area (TPSA) is 30.0 Å². The molecule has 0 N–H and O–H groups in total. The van der Waals surface area contributed by atoms with Crippen molar-refractivity contribution in [2.24, 2.45) is 17.8 Å². The maximum absolute atomic E-state index is 8.00. The molecule has 1 aliphatic carbocycles. The molecule has 1 aromatic heterocycles. The number of hydrogen-bond acceptors (Lipinski definition) is 2. The third kappa shape index (κ3) is 6.66. The molecule has 2 heteroatoms. The monoisotopic (exact) mass is 395 g/mol. The Balaban J connectivity index is 0.00000145. The molecule has 1 saturated carbocycles. The molecule has 1 aliphatic rings. The van der Waals surface area contributed by atoms with Gasteiger partial charge in [0.25, 0.3) is 0 Å².